The smallest absolute Gasteiger partial charge is 0.352 e. The highest BCUT2D eigenvalue weighted by Crippen LogP contribution is 2.41. The summed E-state index contributed by atoms with van der Waals surface area (Å²) in [6.45, 7) is 0.489. The Labute approximate surface area is 189 Å². The molecule has 1 aromatic heterocycles. The van der Waals surface area contributed by atoms with E-state index in [9.17, 15) is 24.3 Å². The van der Waals surface area contributed by atoms with Gasteiger partial charge in [0.15, 0.2) is 10.8 Å². The Hall–Kier alpha value is -3.39. The number of carboxylic acids is 1. The number of anilines is 1. The summed E-state index contributed by atoms with van der Waals surface area (Å²) < 4.78 is 0. The second-order valence-corrected chi connectivity index (χ2v) is 8.90. The van der Waals surface area contributed by atoms with Crippen molar-refractivity contribution in [3.8, 4) is 0 Å². The fraction of sp³-hybridized carbons (Fsp3) is 0.333. The lowest BCUT2D eigenvalue weighted by Crippen LogP contribution is -2.71. The van der Waals surface area contributed by atoms with E-state index in [4.69, 9.17) is 10.6 Å². The number of carbonyl (C=O) groups excluding carboxylic acids is 3. The maximum absolute atomic E-state index is 12.8. The van der Waals surface area contributed by atoms with Gasteiger partial charge in [-0.1, -0.05) is 5.16 Å². The molecule has 168 valence electrons. The third kappa shape index (κ3) is 3.82. The van der Waals surface area contributed by atoms with Crippen molar-refractivity contribution in [2.24, 2.45) is 5.16 Å². The van der Waals surface area contributed by atoms with Gasteiger partial charge in [-0.15, -0.1) is 23.1 Å². The number of nitrogens with one attached hydrogen (secondary N) is 2. The molecule has 0 spiro atoms. The Balaban J connectivity index is 1.55. The summed E-state index contributed by atoms with van der Waals surface area (Å²) in [6.07, 6.45) is 2.02. The summed E-state index contributed by atoms with van der Waals surface area (Å²) >= 11 is 2.41. The second kappa shape index (κ2) is 8.63. The van der Waals surface area contributed by atoms with Crippen molar-refractivity contribution in [3.05, 3.63) is 34.0 Å². The van der Waals surface area contributed by atoms with Gasteiger partial charge in [-0.2, -0.15) is 0 Å². The Kier molecular flexibility index (Phi) is 5.88. The van der Waals surface area contributed by atoms with Gasteiger partial charge in [0.25, 0.3) is 11.8 Å². The summed E-state index contributed by atoms with van der Waals surface area (Å²) in [6, 6.07) is -0.955. The van der Waals surface area contributed by atoms with Crippen LogP contribution in [-0.2, 0) is 24.0 Å². The number of fused-ring (bicyclic) bond motifs is 1. The number of rotatable bonds is 6. The lowest BCUT2D eigenvalue weighted by Gasteiger charge is -2.49. The number of nitrogens with two attached hydrogens (primary N) is 1. The van der Waals surface area contributed by atoms with Gasteiger partial charge in [0, 0.05) is 23.3 Å². The van der Waals surface area contributed by atoms with Crippen LogP contribution in [0, 0.1) is 0 Å². The first-order valence-corrected chi connectivity index (χ1v) is 11.3. The number of carbonyl (C=O) groups is 4. The topological polar surface area (TPSA) is 176 Å². The Morgan fingerprint density at radius 3 is 2.84 bits per heavy atom. The number of nitrogens with zero attached hydrogens (tertiary/aromatic N) is 3. The second-order valence-electron chi connectivity index (χ2n) is 6.91. The van der Waals surface area contributed by atoms with Crippen molar-refractivity contribution in [2.45, 2.75) is 17.8 Å². The molecule has 2 fully saturated rings. The SMILES string of the molecule is CON=C(C(=O)N[C@@H]1C(=O)N2C(C(=O)O)=C(C=C3CCNC3=O)CS[C@H]12)c1csc(N)n1. The molecule has 4 rings (SSSR count). The molecule has 0 radical (unpaired) electrons. The van der Waals surface area contributed by atoms with Gasteiger partial charge in [0.1, 0.15) is 29.9 Å². The van der Waals surface area contributed by atoms with Crippen LogP contribution in [0.3, 0.4) is 0 Å². The number of aliphatic carboxylic acids is 1. The standard InChI is InChI=1S/C18H18N6O6S2/c1-30-23-10(9-6-32-18(19)21-9)14(26)22-11-15(27)24-12(17(28)29)8(5-31-16(11)24)4-7-2-3-20-13(7)25/h4,6,11,16H,2-3,5H2,1H3,(H2,19,21)(H,20,25)(H,22,26)(H,28,29)/t11-,16-/m1/s1. The highest BCUT2D eigenvalue weighted by atomic mass is 32.2. The highest BCUT2D eigenvalue weighted by Gasteiger charge is 2.54. The van der Waals surface area contributed by atoms with E-state index in [1.165, 1.54) is 30.3 Å². The highest BCUT2D eigenvalue weighted by molar-refractivity contribution is 8.00. The van der Waals surface area contributed by atoms with Crippen LogP contribution in [0.15, 0.2) is 33.5 Å². The molecule has 5 N–H and O–H groups in total. The van der Waals surface area contributed by atoms with Crippen molar-refractivity contribution in [1.29, 1.82) is 0 Å². The molecule has 32 heavy (non-hydrogen) atoms. The number of amides is 3. The van der Waals surface area contributed by atoms with Gasteiger partial charge >= 0.3 is 5.97 Å². The van der Waals surface area contributed by atoms with Crippen molar-refractivity contribution >= 4 is 57.6 Å². The molecule has 3 aliphatic rings. The average molecular weight is 479 g/mol. The molecule has 14 heteroatoms. The molecule has 0 aliphatic carbocycles. The molecule has 0 aromatic carbocycles. The maximum atomic E-state index is 12.8. The van der Waals surface area contributed by atoms with Crippen LogP contribution >= 0.6 is 23.1 Å². The van der Waals surface area contributed by atoms with Gasteiger partial charge in [-0.05, 0) is 18.1 Å². The van der Waals surface area contributed by atoms with Crippen molar-refractivity contribution in [2.75, 3.05) is 25.1 Å². The van der Waals surface area contributed by atoms with Crippen molar-refractivity contribution in [3.63, 3.8) is 0 Å². The van der Waals surface area contributed by atoms with Crippen LogP contribution in [0.2, 0.25) is 0 Å². The molecule has 2 atom stereocenters. The first-order valence-electron chi connectivity index (χ1n) is 9.35. The Morgan fingerprint density at radius 1 is 1.47 bits per heavy atom. The van der Waals surface area contributed by atoms with Crippen LogP contribution in [0.4, 0.5) is 5.13 Å². The summed E-state index contributed by atoms with van der Waals surface area (Å²) in [4.78, 5) is 59.2. The predicted octanol–water partition coefficient (Wildman–Crippen LogP) is -0.739. The van der Waals surface area contributed by atoms with E-state index in [1.54, 1.807) is 0 Å². The third-order valence-corrected chi connectivity index (χ3v) is 6.95. The fourth-order valence-electron chi connectivity index (χ4n) is 3.54. The van der Waals surface area contributed by atoms with Crippen LogP contribution in [0.1, 0.15) is 12.1 Å². The van der Waals surface area contributed by atoms with E-state index < -0.39 is 29.2 Å². The molecule has 1 aromatic rings. The number of oxime groups is 1. The first kappa shape index (κ1) is 21.8. The molecule has 3 amide bonds. The van der Waals surface area contributed by atoms with E-state index in [2.05, 4.69) is 20.8 Å². The lowest BCUT2D eigenvalue weighted by atomic mass is 10.0. The Bertz CT molecular complexity index is 1110. The largest absolute Gasteiger partial charge is 0.477 e. The normalized spacial score (nSPS) is 24.2. The van der Waals surface area contributed by atoms with Crippen LogP contribution in [0.5, 0.6) is 0 Å². The fourth-order valence-corrected chi connectivity index (χ4v) is 5.40. The predicted molar refractivity (Wildman–Crippen MR) is 115 cm³/mol. The van der Waals surface area contributed by atoms with Crippen molar-refractivity contribution in [1.82, 2.24) is 20.5 Å². The zero-order valence-corrected chi connectivity index (χ0v) is 18.3. The minimum atomic E-state index is -1.28. The molecule has 0 saturated carbocycles. The van der Waals surface area contributed by atoms with Gasteiger partial charge in [-0.25, -0.2) is 9.78 Å². The number of aromatic nitrogens is 1. The average Bonchev–Trinajstić information content (AvgIpc) is 3.37. The number of thioether (sulfide) groups is 1. The third-order valence-electron chi connectivity index (χ3n) is 4.97. The number of nitrogen functional groups attached to an aromatic ring is 1. The minimum absolute atomic E-state index is 0.154. The number of hydrogen-bond acceptors (Lipinski definition) is 10. The van der Waals surface area contributed by atoms with Gasteiger partial charge in [-0.3, -0.25) is 19.3 Å². The Morgan fingerprint density at radius 2 is 2.25 bits per heavy atom. The number of hydrogen-bond donors (Lipinski definition) is 4. The zero-order valence-electron chi connectivity index (χ0n) is 16.7. The van der Waals surface area contributed by atoms with E-state index in [0.717, 1.165) is 16.2 Å². The molecule has 3 aliphatic heterocycles. The molecule has 2 saturated heterocycles. The number of β-lactam (4-membered cyclic amide) rings is 1. The van der Waals surface area contributed by atoms with Gasteiger partial charge < -0.3 is 26.3 Å². The molecule has 4 heterocycles. The van der Waals surface area contributed by atoms with Gasteiger partial charge in [0.2, 0.25) is 5.91 Å². The molecule has 12 nitrogen and oxygen atoms in total. The van der Waals surface area contributed by atoms with E-state index in [-0.39, 0.29) is 33.9 Å². The lowest BCUT2D eigenvalue weighted by molar-refractivity contribution is -0.150. The van der Waals surface area contributed by atoms with Crippen LogP contribution < -0.4 is 16.4 Å². The quantitative estimate of drug-likeness (QED) is 0.177. The van der Waals surface area contributed by atoms with E-state index in [1.807, 2.05) is 0 Å². The molecular formula is C18H18N6O6S2. The number of carboxylic acid groups (broad SMARTS) is 1. The van der Waals surface area contributed by atoms with Gasteiger partial charge in [0.05, 0.1) is 0 Å². The molecule has 0 bridgehead atoms. The minimum Gasteiger partial charge on any atom is -0.477 e. The summed E-state index contributed by atoms with van der Waals surface area (Å²) in [7, 11) is 1.26. The number of thiazole rings is 1. The van der Waals surface area contributed by atoms with Crippen LogP contribution in [-0.4, -0.2) is 75.2 Å². The maximum Gasteiger partial charge on any atom is 0.352 e. The van der Waals surface area contributed by atoms with E-state index >= 15 is 0 Å². The monoisotopic (exact) mass is 478 g/mol. The van der Waals surface area contributed by atoms with Crippen LogP contribution in [0.25, 0.3) is 0 Å². The summed E-state index contributed by atoms with van der Waals surface area (Å²) in [5, 5.41) is 19.8. The molecule has 0 unspecified atom stereocenters. The van der Waals surface area contributed by atoms with E-state index in [0.29, 0.717) is 24.1 Å². The number of allylic oxidation sites excluding steroid dienone is 1. The first-order chi connectivity index (χ1) is 15.3. The summed E-state index contributed by atoms with van der Waals surface area (Å²) in [5.41, 5.74) is 6.32. The summed E-state index contributed by atoms with van der Waals surface area (Å²) in [5.74, 6) is -2.54. The molecular weight excluding hydrogens is 460 g/mol. The zero-order chi connectivity index (χ0) is 23.0. The van der Waals surface area contributed by atoms with Crippen molar-refractivity contribution < 1.29 is 29.1 Å².